The number of hydrogen-bond donors (Lipinski definition) is 2. The topological polar surface area (TPSA) is 68.9 Å². The standard InChI is InChI=1S/C17H25N3O2.HI/c18-17(20-14-5-2-1-3-6-14)19-12-13-7-8-15-16(11-13)22-10-4-9-21-15;/h7-8,11,14H,1-6,9-10,12H2,(H3,18,19,20);1H. The highest BCUT2D eigenvalue weighted by molar-refractivity contribution is 14.0. The lowest BCUT2D eigenvalue weighted by Gasteiger charge is -2.23. The van der Waals surface area contributed by atoms with Gasteiger partial charge in [0.1, 0.15) is 0 Å². The van der Waals surface area contributed by atoms with Gasteiger partial charge in [-0.15, -0.1) is 24.0 Å². The maximum atomic E-state index is 6.00. The van der Waals surface area contributed by atoms with Crippen LogP contribution in [0.3, 0.4) is 0 Å². The highest BCUT2D eigenvalue weighted by Crippen LogP contribution is 2.30. The molecule has 0 amide bonds. The lowest BCUT2D eigenvalue weighted by atomic mass is 9.96. The molecule has 3 rings (SSSR count). The molecule has 128 valence electrons. The van der Waals surface area contributed by atoms with Crippen LogP contribution < -0.4 is 20.5 Å². The Morgan fingerprint density at radius 1 is 1.09 bits per heavy atom. The maximum absolute atomic E-state index is 6.00. The fourth-order valence-electron chi connectivity index (χ4n) is 2.98. The molecule has 0 atom stereocenters. The molecule has 5 nitrogen and oxygen atoms in total. The third-order valence-electron chi connectivity index (χ3n) is 4.20. The number of hydrogen-bond acceptors (Lipinski definition) is 3. The fourth-order valence-corrected chi connectivity index (χ4v) is 2.98. The number of rotatable bonds is 3. The van der Waals surface area contributed by atoms with Gasteiger partial charge in [-0.05, 0) is 30.5 Å². The van der Waals surface area contributed by atoms with Crippen molar-refractivity contribution in [1.82, 2.24) is 5.32 Å². The Hall–Kier alpha value is -1.18. The molecule has 2 aliphatic rings. The first-order valence-electron chi connectivity index (χ1n) is 8.26. The summed E-state index contributed by atoms with van der Waals surface area (Å²) in [6.45, 7) is 1.97. The van der Waals surface area contributed by atoms with E-state index in [1.165, 1.54) is 32.1 Å². The molecule has 1 saturated carbocycles. The van der Waals surface area contributed by atoms with Gasteiger partial charge in [0.2, 0.25) is 0 Å². The molecule has 1 aliphatic heterocycles. The predicted octanol–water partition coefficient (Wildman–Crippen LogP) is 3.20. The van der Waals surface area contributed by atoms with Crippen LogP contribution in [-0.4, -0.2) is 25.2 Å². The number of aliphatic imine (C=N–C) groups is 1. The molecular weight excluding hydrogens is 405 g/mol. The fraction of sp³-hybridized carbons (Fsp3) is 0.588. The van der Waals surface area contributed by atoms with Crippen molar-refractivity contribution in [2.45, 2.75) is 51.1 Å². The van der Waals surface area contributed by atoms with Crippen LogP contribution in [0.5, 0.6) is 11.5 Å². The van der Waals surface area contributed by atoms with E-state index in [-0.39, 0.29) is 24.0 Å². The first-order chi connectivity index (χ1) is 10.8. The Morgan fingerprint density at radius 3 is 2.61 bits per heavy atom. The number of nitrogens with two attached hydrogens (primary N) is 1. The van der Waals surface area contributed by atoms with Crippen molar-refractivity contribution in [3.05, 3.63) is 23.8 Å². The molecule has 1 fully saturated rings. The van der Waals surface area contributed by atoms with E-state index in [0.717, 1.165) is 23.5 Å². The van der Waals surface area contributed by atoms with Gasteiger partial charge < -0.3 is 20.5 Å². The van der Waals surface area contributed by atoms with Crippen molar-refractivity contribution in [2.75, 3.05) is 13.2 Å². The van der Waals surface area contributed by atoms with Crippen molar-refractivity contribution < 1.29 is 9.47 Å². The Bertz CT molecular complexity index is 531. The largest absolute Gasteiger partial charge is 0.490 e. The third-order valence-corrected chi connectivity index (χ3v) is 4.20. The summed E-state index contributed by atoms with van der Waals surface area (Å²) in [5.41, 5.74) is 7.08. The Kier molecular flexibility index (Phi) is 7.26. The zero-order chi connectivity index (χ0) is 15.2. The highest BCUT2D eigenvalue weighted by Gasteiger charge is 2.13. The number of nitrogens with one attached hydrogen (secondary N) is 1. The second-order valence-electron chi connectivity index (χ2n) is 6.01. The molecular formula is C17H26IN3O2. The molecule has 23 heavy (non-hydrogen) atoms. The van der Waals surface area contributed by atoms with E-state index in [2.05, 4.69) is 10.3 Å². The second kappa shape index (κ2) is 9.20. The second-order valence-corrected chi connectivity index (χ2v) is 6.01. The summed E-state index contributed by atoms with van der Waals surface area (Å²) in [7, 11) is 0. The van der Waals surface area contributed by atoms with E-state index in [0.29, 0.717) is 31.8 Å². The minimum absolute atomic E-state index is 0. The van der Waals surface area contributed by atoms with Gasteiger partial charge in [-0.3, -0.25) is 0 Å². The minimum Gasteiger partial charge on any atom is -0.490 e. The summed E-state index contributed by atoms with van der Waals surface area (Å²) in [5.74, 6) is 2.17. The van der Waals surface area contributed by atoms with E-state index >= 15 is 0 Å². The Balaban J connectivity index is 0.00000192. The van der Waals surface area contributed by atoms with Gasteiger partial charge in [-0.25, -0.2) is 4.99 Å². The average Bonchev–Trinajstić information content (AvgIpc) is 2.78. The predicted molar refractivity (Wildman–Crippen MR) is 103 cm³/mol. The molecule has 0 radical (unpaired) electrons. The lowest BCUT2D eigenvalue weighted by molar-refractivity contribution is 0.297. The van der Waals surface area contributed by atoms with Crippen molar-refractivity contribution >= 4 is 29.9 Å². The van der Waals surface area contributed by atoms with Crippen LogP contribution in [0, 0.1) is 0 Å². The minimum atomic E-state index is 0. The van der Waals surface area contributed by atoms with Crippen LogP contribution >= 0.6 is 24.0 Å². The third kappa shape index (κ3) is 5.44. The lowest BCUT2D eigenvalue weighted by Crippen LogP contribution is -2.41. The summed E-state index contributed by atoms with van der Waals surface area (Å²) >= 11 is 0. The van der Waals surface area contributed by atoms with Crippen LogP contribution in [0.15, 0.2) is 23.2 Å². The van der Waals surface area contributed by atoms with E-state index in [1.807, 2.05) is 18.2 Å². The van der Waals surface area contributed by atoms with Crippen molar-refractivity contribution in [3.63, 3.8) is 0 Å². The Morgan fingerprint density at radius 2 is 1.83 bits per heavy atom. The molecule has 3 N–H and O–H groups in total. The summed E-state index contributed by atoms with van der Waals surface area (Å²) in [4.78, 5) is 4.45. The zero-order valence-corrected chi connectivity index (χ0v) is 15.8. The van der Waals surface area contributed by atoms with Gasteiger partial charge in [0.05, 0.1) is 19.8 Å². The quantitative estimate of drug-likeness (QED) is 0.438. The smallest absolute Gasteiger partial charge is 0.189 e. The number of fused-ring (bicyclic) bond motifs is 1. The highest BCUT2D eigenvalue weighted by atomic mass is 127. The molecule has 1 heterocycles. The van der Waals surface area contributed by atoms with E-state index in [1.54, 1.807) is 0 Å². The maximum Gasteiger partial charge on any atom is 0.189 e. The molecule has 0 spiro atoms. The number of guanidine groups is 1. The molecule has 0 saturated heterocycles. The van der Waals surface area contributed by atoms with Gasteiger partial charge in [-0.2, -0.15) is 0 Å². The summed E-state index contributed by atoms with van der Waals surface area (Å²) in [6, 6.07) is 6.46. The molecule has 6 heteroatoms. The van der Waals surface area contributed by atoms with Gasteiger partial charge in [0.15, 0.2) is 17.5 Å². The molecule has 1 aliphatic carbocycles. The van der Waals surface area contributed by atoms with E-state index in [4.69, 9.17) is 15.2 Å². The van der Waals surface area contributed by atoms with Crippen LogP contribution in [-0.2, 0) is 6.54 Å². The average molecular weight is 431 g/mol. The molecule has 1 aromatic carbocycles. The number of ether oxygens (including phenoxy) is 2. The van der Waals surface area contributed by atoms with Crippen LogP contribution in [0.25, 0.3) is 0 Å². The van der Waals surface area contributed by atoms with Crippen molar-refractivity contribution in [2.24, 2.45) is 10.7 Å². The normalized spacial score (nSPS) is 18.7. The summed E-state index contributed by atoms with van der Waals surface area (Å²) in [5, 5.41) is 3.33. The number of benzene rings is 1. The van der Waals surface area contributed by atoms with Gasteiger partial charge >= 0.3 is 0 Å². The zero-order valence-electron chi connectivity index (χ0n) is 13.4. The number of nitrogens with zero attached hydrogens (tertiary/aromatic N) is 1. The van der Waals surface area contributed by atoms with Crippen LogP contribution in [0.1, 0.15) is 44.1 Å². The summed E-state index contributed by atoms with van der Waals surface area (Å²) < 4.78 is 11.3. The molecule has 0 unspecified atom stereocenters. The molecule has 0 bridgehead atoms. The number of halogens is 1. The summed E-state index contributed by atoms with van der Waals surface area (Å²) in [6.07, 6.45) is 7.22. The van der Waals surface area contributed by atoms with Gasteiger partial charge in [-0.1, -0.05) is 25.3 Å². The Labute approximate surface area is 155 Å². The SMILES string of the molecule is I.NC(=NCc1ccc2c(c1)OCCCO2)NC1CCCCC1. The van der Waals surface area contributed by atoms with Crippen molar-refractivity contribution in [1.29, 1.82) is 0 Å². The van der Waals surface area contributed by atoms with Crippen molar-refractivity contribution in [3.8, 4) is 11.5 Å². The first-order valence-corrected chi connectivity index (χ1v) is 8.26. The monoisotopic (exact) mass is 431 g/mol. The molecule has 0 aromatic heterocycles. The van der Waals surface area contributed by atoms with Gasteiger partial charge in [0.25, 0.3) is 0 Å². The molecule has 1 aromatic rings. The first kappa shape index (κ1) is 18.2. The van der Waals surface area contributed by atoms with Crippen LogP contribution in [0.2, 0.25) is 0 Å². The van der Waals surface area contributed by atoms with Gasteiger partial charge in [0, 0.05) is 12.5 Å². The van der Waals surface area contributed by atoms with E-state index in [9.17, 15) is 0 Å². The van der Waals surface area contributed by atoms with E-state index < -0.39 is 0 Å². The van der Waals surface area contributed by atoms with Crippen LogP contribution in [0.4, 0.5) is 0 Å².